The summed E-state index contributed by atoms with van der Waals surface area (Å²) >= 11 is 0. The zero-order valence-electron chi connectivity index (χ0n) is 9.31. The Balaban J connectivity index is 2.16. The molecule has 6 nitrogen and oxygen atoms in total. The van der Waals surface area contributed by atoms with Crippen LogP contribution in [0.25, 0.3) is 0 Å². The zero-order valence-corrected chi connectivity index (χ0v) is 10.1. The van der Waals surface area contributed by atoms with Crippen LogP contribution in [0.3, 0.4) is 0 Å². The molecule has 0 spiro atoms. The largest absolute Gasteiger partial charge is 0.399 e. The molecule has 0 unspecified atom stereocenters. The summed E-state index contributed by atoms with van der Waals surface area (Å²) in [5.74, 6) is -0.780. The molecule has 98 valence electrons. The number of urea groups is 1. The highest BCUT2D eigenvalue weighted by Crippen LogP contribution is 2.19. The fourth-order valence-corrected chi connectivity index (χ4v) is 2.34. The quantitative estimate of drug-likeness (QED) is 0.700. The molecule has 1 aliphatic rings. The number of nitrogens with one attached hydrogen (secondary N) is 2. The molecule has 2 amide bonds. The Kier molecular flexibility index (Phi) is 3.12. The third-order valence-electron chi connectivity index (χ3n) is 2.34. The van der Waals surface area contributed by atoms with E-state index in [0.717, 1.165) is 31.0 Å². The molecular formula is C10H12FN3O3S. The van der Waals surface area contributed by atoms with Crippen LogP contribution in [0, 0.1) is 5.82 Å². The van der Waals surface area contributed by atoms with Crippen LogP contribution < -0.4 is 15.8 Å². The Morgan fingerprint density at radius 3 is 2.56 bits per heavy atom. The van der Waals surface area contributed by atoms with Gasteiger partial charge >= 0.3 is 6.03 Å². The predicted octanol–water partition coefficient (Wildman–Crippen LogP) is 0.558. The number of hydrogen-bond donors (Lipinski definition) is 3. The third kappa shape index (κ3) is 3.10. The lowest BCUT2D eigenvalue weighted by Crippen LogP contribution is -2.40. The van der Waals surface area contributed by atoms with Gasteiger partial charge in [0.25, 0.3) is 10.0 Å². The summed E-state index contributed by atoms with van der Waals surface area (Å²) in [6, 6.07) is 2.07. The molecule has 4 N–H and O–H groups in total. The van der Waals surface area contributed by atoms with E-state index in [1.165, 1.54) is 0 Å². The van der Waals surface area contributed by atoms with Crippen molar-refractivity contribution < 1.29 is 17.6 Å². The van der Waals surface area contributed by atoms with E-state index in [1.54, 1.807) is 4.72 Å². The number of halogens is 1. The highest BCUT2D eigenvalue weighted by molar-refractivity contribution is 7.90. The number of carbonyl (C=O) groups excluding carboxylic acids is 1. The van der Waals surface area contributed by atoms with Crippen LogP contribution in [0.5, 0.6) is 0 Å². The average Bonchev–Trinajstić information content (AvgIpc) is 2.98. The summed E-state index contributed by atoms with van der Waals surface area (Å²) in [5, 5.41) is 2.45. The second-order valence-electron chi connectivity index (χ2n) is 4.07. The molecule has 1 aliphatic carbocycles. The van der Waals surface area contributed by atoms with Crippen molar-refractivity contribution in [3.8, 4) is 0 Å². The Hall–Kier alpha value is -1.83. The van der Waals surface area contributed by atoms with Crippen LogP contribution >= 0.6 is 0 Å². The van der Waals surface area contributed by atoms with Crippen LogP contribution in [0.1, 0.15) is 12.8 Å². The number of amides is 2. The molecule has 1 fully saturated rings. The van der Waals surface area contributed by atoms with E-state index in [-0.39, 0.29) is 16.6 Å². The first-order chi connectivity index (χ1) is 8.37. The summed E-state index contributed by atoms with van der Waals surface area (Å²) in [6.45, 7) is 0. The predicted molar refractivity (Wildman–Crippen MR) is 62.7 cm³/mol. The van der Waals surface area contributed by atoms with Gasteiger partial charge in [-0.1, -0.05) is 0 Å². The van der Waals surface area contributed by atoms with Gasteiger partial charge in [0.05, 0.1) is 4.90 Å². The van der Waals surface area contributed by atoms with Crippen LogP contribution in [0.15, 0.2) is 23.1 Å². The Morgan fingerprint density at radius 1 is 1.33 bits per heavy atom. The smallest absolute Gasteiger partial charge is 0.328 e. The standard InChI is InChI=1S/C10H12FN3O3S/c11-6-3-7(12)5-9(4-6)18(16,17)14-10(15)13-8-1-2-8/h3-5,8H,1-2,12H2,(H2,13,14,15). The van der Waals surface area contributed by atoms with Gasteiger partial charge in [0, 0.05) is 11.7 Å². The number of anilines is 1. The maximum Gasteiger partial charge on any atom is 0.328 e. The third-order valence-corrected chi connectivity index (χ3v) is 3.65. The monoisotopic (exact) mass is 273 g/mol. The minimum absolute atomic E-state index is 0.0257. The second-order valence-corrected chi connectivity index (χ2v) is 5.76. The molecule has 0 aliphatic heterocycles. The highest BCUT2D eigenvalue weighted by Gasteiger charge is 2.26. The summed E-state index contributed by atoms with van der Waals surface area (Å²) < 4.78 is 38.4. The van der Waals surface area contributed by atoms with E-state index >= 15 is 0 Å². The van der Waals surface area contributed by atoms with Crippen LogP contribution in [-0.4, -0.2) is 20.5 Å². The first kappa shape index (κ1) is 12.6. The molecule has 0 bridgehead atoms. The summed E-state index contributed by atoms with van der Waals surface area (Å²) in [5.41, 5.74) is 5.32. The number of nitrogens with two attached hydrogens (primary N) is 1. The fourth-order valence-electron chi connectivity index (χ4n) is 1.36. The van der Waals surface area contributed by atoms with Gasteiger partial charge in [-0.2, -0.15) is 0 Å². The molecule has 0 aromatic heterocycles. The maximum absolute atomic E-state index is 13.0. The van der Waals surface area contributed by atoms with Crippen molar-refractivity contribution in [1.29, 1.82) is 0 Å². The van der Waals surface area contributed by atoms with Crippen molar-refractivity contribution in [1.82, 2.24) is 10.0 Å². The Labute approximate surface area is 103 Å². The molecule has 2 rings (SSSR count). The van der Waals surface area contributed by atoms with Crippen molar-refractivity contribution in [2.75, 3.05) is 5.73 Å². The molecule has 0 radical (unpaired) electrons. The number of rotatable bonds is 3. The first-order valence-electron chi connectivity index (χ1n) is 5.26. The van der Waals surface area contributed by atoms with Crippen molar-refractivity contribution in [2.24, 2.45) is 0 Å². The lowest BCUT2D eigenvalue weighted by Gasteiger charge is -2.08. The van der Waals surface area contributed by atoms with Gasteiger partial charge < -0.3 is 11.1 Å². The molecular weight excluding hydrogens is 261 g/mol. The van der Waals surface area contributed by atoms with E-state index < -0.39 is 21.9 Å². The molecule has 0 atom stereocenters. The number of sulfonamides is 1. The van der Waals surface area contributed by atoms with Gasteiger partial charge in [0.15, 0.2) is 0 Å². The molecule has 0 heterocycles. The van der Waals surface area contributed by atoms with Crippen molar-refractivity contribution in [3.05, 3.63) is 24.0 Å². The van der Waals surface area contributed by atoms with Gasteiger partial charge in [-0.25, -0.2) is 22.3 Å². The fraction of sp³-hybridized carbons (Fsp3) is 0.300. The molecule has 8 heteroatoms. The van der Waals surface area contributed by atoms with Gasteiger partial charge in [-0.15, -0.1) is 0 Å². The molecule has 1 aromatic rings. The topological polar surface area (TPSA) is 101 Å². The maximum atomic E-state index is 13.0. The second kappa shape index (κ2) is 4.45. The first-order valence-corrected chi connectivity index (χ1v) is 6.74. The molecule has 1 saturated carbocycles. The SMILES string of the molecule is Nc1cc(F)cc(S(=O)(=O)NC(=O)NC2CC2)c1. The van der Waals surface area contributed by atoms with Crippen LogP contribution in [0.4, 0.5) is 14.9 Å². The van der Waals surface area contributed by atoms with Crippen LogP contribution in [-0.2, 0) is 10.0 Å². The van der Waals surface area contributed by atoms with Crippen molar-refractivity contribution in [2.45, 2.75) is 23.8 Å². The van der Waals surface area contributed by atoms with Crippen molar-refractivity contribution in [3.63, 3.8) is 0 Å². The van der Waals surface area contributed by atoms with E-state index in [1.807, 2.05) is 0 Å². The van der Waals surface area contributed by atoms with Crippen molar-refractivity contribution >= 4 is 21.7 Å². The molecule has 1 aromatic carbocycles. The van der Waals surface area contributed by atoms with E-state index in [2.05, 4.69) is 5.32 Å². The lowest BCUT2D eigenvalue weighted by atomic mass is 10.3. The van der Waals surface area contributed by atoms with E-state index in [0.29, 0.717) is 0 Å². The van der Waals surface area contributed by atoms with Gasteiger partial charge in [-0.05, 0) is 31.0 Å². The van der Waals surface area contributed by atoms with Gasteiger partial charge in [-0.3, -0.25) is 0 Å². The summed E-state index contributed by atoms with van der Waals surface area (Å²) in [7, 11) is -4.10. The lowest BCUT2D eigenvalue weighted by molar-refractivity contribution is 0.245. The van der Waals surface area contributed by atoms with Gasteiger partial charge in [0.2, 0.25) is 0 Å². The number of carbonyl (C=O) groups is 1. The highest BCUT2D eigenvalue weighted by atomic mass is 32.2. The Bertz CT molecular complexity index is 564. The number of nitrogen functional groups attached to an aromatic ring is 1. The average molecular weight is 273 g/mol. The molecule has 18 heavy (non-hydrogen) atoms. The minimum Gasteiger partial charge on any atom is -0.399 e. The zero-order chi connectivity index (χ0) is 13.3. The summed E-state index contributed by atoms with van der Waals surface area (Å²) in [6.07, 6.45) is 1.67. The minimum atomic E-state index is -4.10. The normalized spacial score (nSPS) is 15.2. The number of hydrogen-bond acceptors (Lipinski definition) is 4. The van der Waals surface area contributed by atoms with Gasteiger partial charge in [0.1, 0.15) is 5.82 Å². The van der Waals surface area contributed by atoms with E-state index in [9.17, 15) is 17.6 Å². The van der Waals surface area contributed by atoms with E-state index in [4.69, 9.17) is 5.73 Å². The summed E-state index contributed by atoms with van der Waals surface area (Å²) in [4.78, 5) is 10.9. The Morgan fingerprint density at radius 2 is 2.00 bits per heavy atom. The molecule has 0 saturated heterocycles. The van der Waals surface area contributed by atoms with Crippen LogP contribution in [0.2, 0.25) is 0 Å². The number of benzene rings is 1.